The molecule has 1 fully saturated rings. The summed E-state index contributed by atoms with van der Waals surface area (Å²) in [7, 11) is -3.14. The number of aliphatic hydroxyl groups is 1. The fourth-order valence-electron chi connectivity index (χ4n) is 2.45. The molecule has 0 bridgehead atoms. The summed E-state index contributed by atoms with van der Waals surface area (Å²) in [6, 6.07) is 7.64. The van der Waals surface area contributed by atoms with Gasteiger partial charge >= 0.3 is 0 Å². The van der Waals surface area contributed by atoms with E-state index in [9.17, 15) is 8.42 Å². The summed E-state index contributed by atoms with van der Waals surface area (Å²) >= 11 is 0. The Morgan fingerprint density at radius 1 is 1.40 bits per heavy atom. The molecule has 0 spiro atoms. The van der Waals surface area contributed by atoms with Crippen molar-refractivity contribution in [2.45, 2.75) is 32.4 Å². The molecule has 0 radical (unpaired) electrons. The van der Waals surface area contributed by atoms with E-state index in [0.717, 1.165) is 11.3 Å². The van der Waals surface area contributed by atoms with Gasteiger partial charge in [-0.1, -0.05) is 12.1 Å². The standard InChI is InChI=1S/C14H22N2O3S/c1-11(10-17)15-12(2)13-5-3-6-14(9-13)16-7-4-8-20(16,18)19/h3,5-6,9,11-12,15,17H,4,7-8,10H2,1-2H3/t11-,12?/m1/s1. The molecule has 0 saturated carbocycles. The third kappa shape index (κ3) is 3.31. The van der Waals surface area contributed by atoms with Crippen LogP contribution in [0.1, 0.15) is 31.9 Å². The third-order valence-electron chi connectivity index (χ3n) is 3.57. The van der Waals surface area contributed by atoms with Crippen LogP contribution in [-0.2, 0) is 10.0 Å². The maximum atomic E-state index is 11.9. The molecular formula is C14H22N2O3S. The van der Waals surface area contributed by atoms with Gasteiger partial charge in [0.05, 0.1) is 18.0 Å². The number of hydrogen-bond acceptors (Lipinski definition) is 4. The molecule has 5 nitrogen and oxygen atoms in total. The molecule has 112 valence electrons. The Morgan fingerprint density at radius 2 is 2.15 bits per heavy atom. The zero-order valence-electron chi connectivity index (χ0n) is 11.9. The molecule has 2 rings (SSSR count). The quantitative estimate of drug-likeness (QED) is 0.858. The van der Waals surface area contributed by atoms with E-state index in [4.69, 9.17) is 5.11 Å². The van der Waals surface area contributed by atoms with Gasteiger partial charge in [-0.05, 0) is 38.0 Å². The van der Waals surface area contributed by atoms with Crippen LogP contribution in [0.5, 0.6) is 0 Å². The summed E-state index contributed by atoms with van der Waals surface area (Å²) in [6.07, 6.45) is 0.682. The summed E-state index contributed by atoms with van der Waals surface area (Å²) in [5.41, 5.74) is 1.75. The van der Waals surface area contributed by atoms with Crippen molar-refractivity contribution in [1.29, 1.82) is 0 Å². The van der Waals surface area contributed by atoms with Crippen LogP contribution in [0.4, 0.5) is 5.69 Å². The molecule has 0 amide bonds. The van der Waals surface area contributed by atoms with E-state index in [2.05, 4.69) is 5.32 Å². The van der Waals surface area contributed by atoms with E-state index in [1.165, 1.54) is 4.31 Å². The van der Waals surface area contributed by atoms with Crippen molar-refractivity contribution in [3.05, 3.63) is 29.8 Å². The number of nitrogens with zero attached hydrogens (tertiary/aromatic N) is 1. The topological polar surface area (TPSA) is 69.6 Å². The van der Waals surface area contributed by atoms with Gasteiger partial charge in [0.15, 0.2) is 0 Å². The van der Waals surface area contributed by atoms with Crippen molar-refractivity contribution < 1.29 is 13.5 Å². The first-order valence-electron chi connectivity index (χ1n) is 6.91. The fraction of sp³-hybridized carbons (Fsp3) is 0.571. The molecule has 6 heteroatoms. The molecular weight excluding hydrogens is 276 g/mol. The molecule has 20 heavy (non-hydrogen) atoms. The van der Waals surface area contributed by atoms with E-state index >= 15 is 0 Å². The zero-order valence-corrected chi connectivity index (χ0v) is 12.7. The maximum absolute atomic E-state index is 11.9. The van der Waals surface area contributed by atoms with Crippen LogP contribution in [0.15, 0.2) is 24.3 Å². The fourth-order valence-corrected chi connectivity index (χ4v) is 4.01. The largest absolute Gasteiger partial charge is 0.395 e. The second kappa shape index (κ2) is 6.11. The Balaban J connectivity index is 2.20. The molecule has 1 aliphatic rings. The number of rotatable bonds is 5. The van der Waals surface area contributed by atoms with Gasteiger partial charge in [0.25, 0.3) is 0 Å². The first-order valence-corrected chi connectivity index (χ1v) is 8.52. The van der Waals surface area contributed by atoms with Crippen molar-refractivity contribution in [3.63, 3.8) is 0 Å². The lowest BCUT2D eigenvalue weighted by molar-refractivity contribution is 0.243. The van der Waals surface area contributed by atoms with Crippen LogP contribution in [-0.4, -0.2) is 38.5 Å². The SMILES string of the molecule is CC(N[C@H](C)CO)c1cccc(N2CCCS2(=O)=O)c1. The minimum absolute atomic E-state index is 0.00387. The van der Waals surface area contributed by atoms with Gasteiger partial charge in [0, 0.05) is 18.6 Å². The van der Waals surface area contributed by atoms with Crippen LogP contribution in [0, 0.1) is 0 Å². The molecule has 0 aromatic heterocycles. The Morgan fingerprint density at radius 3 is 2.75 bits per heavy atom. The highest BCUT2D eigenvalue weighted by atomic mass is 32.2. The van der Waals surface area contributed by atoms with E-state index < -0.39 is 10.0 Å². The molecule has 2 N–H and O–H groups in total. The predicted molar refractivity (Wildman–Crippen MR) is 80.3 cm³/mol. The lowest BCUT2D eigenvalue weighted by Gasteiger charge is -2.22. The third-order valence-corrected chi connectivity index (χ3v) is 5.44. The van der Waals surface area contributed by atoms with Gasteiger partial charge in [-0.2, -0.15) is 0 Å². The van der Waals surface area contributed by atoms with Crippen molar-refractivity contribution >= 4 is 15.7 Å². The number of benzene rings is 1. The Labute approximate surface area is 120 Å². The summed E-state index contributed by atoms with van der Waals surface area (Å²) in [5.74, 6) is 0.229. The Kier molecular flexibility index (Phi) is 4.67. The smallest absolute Gasteiger partial charge is 0.235 e. The van der Waals surface area contributed by atoms with Crippen molar-refractivity contribution in [3.8, 4) is 0 Å². The molecule has 1 aromatic rings. The summed E-state index contributed by atoms with van der Waals surface area (Å²) in [5, 5.41) is 12.3. The summed E-state index contributed by atoms with van der Waals surface area (Å²) < 4.78 is 25.4. The van der Waals surface area contributed by atoms with Gasteiger partial charge < -0.3 is 10.4 Å². The predicted octanol–water partition coefficient (Wildman–Crippen LogP) is 1.26. The van der Waals surface area contributed by atoms with Crippen LogP contribution < -0.4 is 9.62 Å². The first kappa shape index (κ1) is 15.3. The molecule has 0 aliphatic carbocycles. The van der Waals surface area contributed by atoms with E-state index in [1.807, 2.05) is 38.1 Å². The Bertz CT molecular complexity index is 559. The molecule has 1 aromatic carbocycles. The summed E-state index contributed by atoms with van der Waals surface area (Å²) in [6.45, 7) is 4.54. The second-order valence-electron chi connectivity index (χ2n) is 5.31. The van der Waals surface area contributed by atoms with Crippen molar-refractivity contribution in [2.24, 2.45) is 0 Å². The number of anilines is 1. The summed E-state index contributed by atoms with van der Waals surface area (Å²) in [4.78, 5) is 0. The number of nitrogens with one attached hydrogen (secondary N) is 1. The molecule has 1 saturated heterocycles. The number of sulfonamides is 1. The number of aliphatic hydroxyl groups excluding tert-OH is 1. The highest BCUT2D eigenvalue weighted by Crippen LogP contribution is 2.26. The van der Waals surface area contributed by atoms with Crippen molar-refractivity contribution in [2.75, 3.05) is 23.2 Å². The highest BCUT2D eigenvalue weighted by Gasteiger charge is 2.28. The second-order valence-corrected chi connectivity index (χ2v) is 7.32. The van der Waals surface area contributed by atoms with Gasteiger partial charge in [0.2, 0.25) is 10.0 Å². The van der Waals surface area contributed by atoms with E-state index in [0.29, 0.717) is 13.0 Å². The van der Waals surface area contributed by atoms with E-state index in [1.54, 1.807) is 0 Å². The van der Waals surface area contributed by atoms with Crippen LogP contribution in [0.2, 0.25) is 0 Å². The van der Waals surface area contributed by atoms with E-state index in [-0.39, 0.29) is 24.4 Å². The average Bonchev–Trinajstić information content (AvgIpc) is 2.78. The van der Waals surface area contributed by atoms with Crippen LogP contribution in [0.25, 0.3) is 0 Å². The zero-order chi connectivity index (χ0) is 14.8. The monoisotopic (exact) mass is 298 g/mol. The van der Waals surface area contributed by atoms with Crippen LogP contribution in [0.3, 0.4) is 0 Å². The van der Waals surface area contributed by atoms with Gasteiger partial charge in [-0.3, -0.25) is 4.31 Å². The minimum Gasteiger partial charge on any atom is -0.395 e. The van der Waals surface area contributed by atoms with Gasteiger partial charge in [0.1, 0.15) is 0 Å². The lowest BCUT2D eigenvalue weighted by atomic mass is 10.1. The molecule has 1 heterocycles. The lowest BCUT2D eigenvalue weighted by Crippen LogP contribution is -2.32. The normalized spacial score (nSPS) is 20.9. The molecule has 2 atom stereocenters. The maximum Gasteiger partial charge on any atom is 0.235 e. The van der Waals surface area contributed by atoms with Crippen LogP contribution >= 0.6 is 0 Å². The highest BCUT2D eigenvalue weighted by molar-refractivity contribution is 7.93. The Hall–Kier alpha value is -1.11. The first-order chi connectivity index (χ1) is 9.44. The van der Waals surface area contributed by atoms with Crippen molar-refractivity contribution in [1.82, 2.24) is 5.32 Å². The van der Waals surface area contributed by atoms with Gasteiger partial charge in [-0.25, -0.2) is 8.42 Å². The van der Waals surface area contributed by atoms with Gasteiger partial charge in [-0.15, -0.1) is 0 Å². The molecule has 1 unspecified atom stereocenters. The molecule has 1 aliphatic heterocycles. The number of hydrogen-bond donors (Lipinski definition) is 2. The average molecular weight is 298 g/mol. The minimum atomic E-state index is -3.14.